The van der Waals surface area contributed by atoms with E-state index < -0.39 is 27.4 Å². The predicted octanol–water partition coefficient (Wildman–Crippen LogP) is 1.98. The molecule has 0 amide bonds. The van der Waals surface area contributed by atoms with Crippen LogP contribution in [0.4, 0.5) is 4.39 Å². The molecule has 2 aromatic carbocycles. The van der Waals surface area contributed by atoms with E-state index in [0.717, 1.165) is 18.2 Å². The second-order valence-corrected chi connectivity index (χ2v) is 6.90. The van der Waals surface area contributed by atoms with Crippen LogP contribution in [0.1, 0.15) is 10.4 Å². The molecule has 0 saturated carbocycles. The molecule has 0 aliphatic carbocycles. The summed E-state index contributed by atoms with van der Waals surface area (Å²) in [4.78, 5) is 11.7. The summed E-state index contributed by atoms with van der Waals surface area (Å²) in [6.07, 6.45) is 0. The van der Waals surface area contributed by atoms with E-state index in [-0.39, 0.29) is 18.1 Å². The van der Waals surface area contributed by atoms with Gasteiger partial charge in [0.1, 0.15) is 30.5 Å². The number of ether oxygens (including phenoxy) is 3. The Morgan fingerprint density at radius 2 is 1.73 bits per heavy atom. The van der Waals surface area contributed by atoms with Gasteiger partial charge < -0.3 is 14.2 Å². The zero-order valence-electron chi connectivity index (χ0n) is 14.2. The monoisotopic (exact) mass is 383 g/mol. The summed E-state index contributed by atoms with van der Waals surface area (Å²) in [5, 5.41) is 0. The summed E-state index contributed by atoms with van der Waals surface area (Å²) in [5.74, 6) is -0.624. The number of halogens is 1. The molecule has 26 heavy (non-hydrogen) atoms. The molecule has 0 aliphatic heterocycles. The highest BCUT2D eigenvalue weighted by Gasteiger charge is 2.19. The second-order valence-electron chi connectivity index (χ2n) is 5.01. The number of hydrogen-bond donors (Lipinski definition) is 1. The lowest BCUT2D eigenvalue weighted by Gasteiger charge is -2.09. The third-order valence-electron chi connectivity index (χ3n) is 3.38. The van der Waals surface area contributed by atoms with Gasteiger partial charge in [0.05, 0.1) is 17.6 Å². The van der Waals surface area contributed by atoms with Crippen LogP contribution in [0.3, 0.4) is 0 Å². The van der Waals surface area contributed by atoms with E-state index in [1.54, 1.807) is 31.4 Å². The minimum Gasteiger partial charge on any atom is -0.497 e. The zero-order valence-corrected chi connectivity index (χ0v) is 15.0. The molecule has 0 spiro atoms. The fraction of sp³-hybridized carbons (Fsp3) is 0.235. The van der Waals surface area contributed by atoms with Gasteiger partial charge in [0.25, 0.3) is 0 Å². The lowest BCUT2D eigenvalue weighted by Crippen LogP contribution is -2.20. The number of sulfonamides is 1. The predicted molar refractivity (Wildman–Crippen MR) is 91.4 cm³/mol. The van der Waals surface area contributed by atoms with Crippen molar-refractivity contribution in [2.45, 2.75) is 4.90 Å². The van der Waals surface area contributed by atoms with Crippen LogP contribution in [0.15, 0.2) is 47.4 Å². The Hall–Kier alpha value is -2.65. The zero-order chi connectivity index (χ0) is 19.2. The Morgan fingerprint density at radius 3 is 2.35 bits per heavy atom. The van der Waals surface area contributed by atoms with Crippen LogP contribution in [-0.2, 0) is 14.8 Å². The van der Waals surface area contributed by atoms with E-state index >= 15 is 0 Å². The first kappa shape index (κ1) is 19.7. The molecule has 2 aromatic rings. The standard InChI is InChI=1S/C17H18FNO6S/c1-19-26(21,22)14-7-8-16(18)15(11-14)17(20)25-10-9-24-13-5-3-12(23-2)4-6-13/h3-8,11,19H,9-10H2,1-2H3. The molecular formula is C17H18FNO6S. The van der Waals surface area contributed by atoms with Crippen molar-refractivity contribution in [1.29, 1.82) is 0 Å². The van der Waals surface area contributed by atoms with Crippen molar-refractivity contribution in [2.75, 3.05) is 27.4 Å². The molecule has 0 aliphatic rings. The Balaban J connectivity index is 1.94. The van der Waals surface area contributed by atoms with Crippen LogP contribution in [0.25, 0.3) is 0 Å². The fourth-order valence-corrected chi connectivity index (χ4v) is 2.75. The summed E-state index contributed by atoms with van der Waals surface area (Å²) in [6.45, 7) is -0.0818. The van der Waals surface area contributed by atoms with Crippen molar-refractivity contribution in [2.24, 2.45) is 0 Å². The Morgan fingerprint density at radius 1 is 1.08 bits per heavy atom. The molecule has 0 saturated heterocycles. The molecule has 0 unspecified atom stereocenters. The van der Waals surface area contributed by atoms with Crippen LogP contribution >= 0.6 is 0 Å². The highest BCUT2D eigenvalue weighted by Crippen LogP contribution is 2.18. The Labute approximate surface area is 150 Å². The summed E-state index contributed by atoms with van der Waals surface area (Å²) < 4.78 is 54.7. The molecule has 9 heteroatoms. The summed E-state index contributed by atoms with van der Waals surface area (Å²) >= 11 is 0. The van der Waals surface area contributed by atoms with Gasteiger partial charge in [-0.2, -0.15) is 0 Å². The number of benzene rings is 2. The van der Waals surface area contributed by atoms with Gasteiger partial charge in [-0.05, 0) is 49.5 Å². The Kier molecular flexibility index (Phi) is 6.53. The van der Waals surface area contributed by atoms with Crippen molar-refractivity contribution >= 4 is 16.0 Å². The molecule has 1 N–H and O–H groups in total. The van der Waals surface area contributed by atoms with Gasteiger partial charge >= 0.3 is 5.97 Å². The molecular weight excluding hydrogens is 365 g/mol. The number of hydrogen-bond acceptors (Lipinski definition) is 6. The summed E-state index contributed by atoms with van der Waals surface area (Å²) in [6, 6.07) is 9.68. The molecule has 2 rings (SSSR count). The maximum atomic E-state index is 13.8. The van der Waals surface area contributed by atoms with Gasteiger partial charge in [-0.15, -0.1) is 0 Å². The van der Waals surface area contributed by atoms with Gasteiger partial charge in [0.2, 0.25) is 10.0 Å². The van der Waals surface area contributed by atoms with Gasteiger partial charge in [0.15, 0.2) is 0 Å². The van der Waals surface area contributed by atoms with E-state index in [4.69, 9.17) is 14.2 Å². The lowest BCUT2D eigenvalue weighted by atomic mass is 10.2. The van der Waals surface area contributed by atoms with Crippen LogP contribution < -0.4 is 14.2 Å². The number of rotatable bonds is 8. The van der Waals surface area contributed by atoms with Gasteiger partial charge in [-0.3, -0.25) is 0 Å². The molecule has 140 valence electrons. The third-order valence-corrected chi connectivity index (χ3v) is 4.79. The largest absolute Gasteiger partial charge is 0.497 e. The lowest BCUT2D eigenvalue weighted by molar-refractivity contribution is 0.0445. The molecule has 0 aromatic heterocycles. The Bertz CT molecular complexity index is 867. The molecule has 7 nitrogen and oxygen atoms in total. The van der Waals surface area contributed by atoms with E-state index in [1.807, 2.05) is 0 Å². The van der Waals surface area contributed by atoms with Crippen molar-refractivity contribution in [3.05, 3.63) is 53.8 Å². The normalized spacial score (nSPS) is 11.0. The van der Waals surface area contributed by atoms with E-state index in [0.29, 0.717) is 11.5 Å². The van der Waals surface area contributed by atoms with Crippen LogP contribution in [-0.4, -0.2) is 41.8 Å². The number of methoxy groups -OCH3 is 1. The van der Waals surface area contributed by atoms with Gasteiger partial charge in [-0.1, -0.05) is 0 Å². The first-order chi connectivity index (χ1) is 12.4. The average Bonchev–Trinajstić information content (AvgIpc) is 2.65. The maximum Gasteiger partial charge on any atom is 0.341 e. The third kappa shape index (κ3) is 4.93. The quantitative estimate of drug-likeness (QED) is 0.554. The van der Waals surface area contributed by atoms with Crippen LogP contribution in [0.5, 0.6) is 11.5 Å². The van der Waals surface area contributed by atoms with E-state index in [1.165, 1.54) is 7.05 Å². The smallest absolute Gasteiger partial charge is 0.341 e. The summed E-state index contributed by atoms with van der Waals surface area (Å²) in [5.41, 5.74) is -0.467. The molecule has 0 bridgehead atoms. The van der Waals surface area contributed by atoms with Crippen molar-refractivity contribution < 1.29 is 31.8 Å². The minimum atomic E-state index is -3.80. The summed E-state index contributed by atoms with van der Waals surface area (Å²) in [7, 11) is -1.03. The molecule has 0 radical (unpaired) electrons. The second kappa shape index (κ2) is 8.63. The van der Waals surface area contributed by atoms with Crippen molar-refractivity contribution in [3.8, 4) is 11.5 Å². The van der Waals surface area contributed by atoms with E-state index in [9.17, 15) is 17.6 Å². The van der Waals surface area contributed by atoms with Gasteiger partial charge in [0, 0.05) is 0 Å². The number of esters is 1. The first-order valence-corrected chi connectivity index (χ1v) is 9.03. The van der Waals surface area contributed by atoms with E-state index in [2.05, 4.69) is 4.72 Å². The molecule has 0 fully saturated rings. The van der Waals surface area contributed by atoms with Gasteiger partial charge in [-0.25, -0.2) is 22.3 Å². The highest BCUT2D eigenvalue weighted by molar-refractivity contribution is 7.89. The molecule has 0 heterocycles. The molecule has 0 atom stereocenters. The number of nitrogens with one attached hydrogen (secondary N) is 1. The van der Waals surface area contributed by atoms with Crippen LogP contribution in [0.2, 0.25) is 0 Å². The first-order valence-electron chi connectivity index (χ1n) is 7.54. The topological polar surface area (TPSA) is 90.9 Å². The van der Waals surface area contributed by atoms with Crippen molar-refractivity contribution in [3.63, 3.8) is 0 Å². The number of carbonyl (C=O) groups is 1. The fourth-order valence-electron chi connectivity index (χ4n) is 1.99. The number of carbonyl (C=O) groups excluding carboxylic acids is 1. The maximum absolute atomic E-state index is 13.8. The SMILES string of the molecule is CNS(=O)(=O)c1ccc(F)c(C(=O)OCCOc2ccc(OC)cc2)c1. The van der Waals surface area contributed by atoms with Crippen molar-refractivity contribution in [1.82, 2.24) is 4.72 Å². The average molecular weight is 383 g/mol. The highest BCUT2D eigenvalue weighted by atomic mass is 32.2. The van der Waals surface area contributed by atoms with Crippen LogP contribution in [0, 0.1) is 5.82 Å². The minimum absolute atomic E-state index is 0.0498.